The van der Waals surface area contributed by atoms with E-state index in [9.17, 15) is 14.4 Å². The molecule has 0 aromatic heterocycles. The minimum atomic E-state index is -0.413. The monoisotopic (exact) mass is 396 g/mol. The highest BCUT2D eigenvalue weighted by atomic mass is 16.5. The minimum Gasteiger partial charge on any atom is -0.491 e. The molecule has 1 N–H and O–H groups in total. The molecule has 7 heteroatoms. The normalized spacial score (nSPS) is 12.9. The zero-order chi connectivity index (χ0) is 20.6. The molecule has 0 bridgehead atoms. The second kappa shape index (κ2) is 9.73. The summed E-state index contributed by atoms with van der Waals surface area (Å²) in [6.45, 7) is 1.50. The van der Waals surface area contributed by atoms with Gasteiger partial charge in [-0.2, -0.15) is 0 Å². The number of nitrogens with one attached hydrogen (secondary N) is 1. The van der Waals surface area contributed by atoms with E-state index >= 15 is 0 Å². The van der Waals surface area contributed by atoms with E-state index in [1.807, 2.05) is 36.4 Å². The molecule has 1 aliphatic heterocycles. The summed E-state index contributed by atoms with van der Waals surface area (Å²) in [5.41, 5.74) is 2.21. The number of amides is 2. The highest BCUT2D eigenvalue weighted by Gasteiger charge is 2.22. The summed E-state index contributed by atoms with van der Waals surface area (Å²) >= 11 is 0. The summed E-state index contributed by atoms with van der Waals surface area (Å²) in [6.07, 6.45) is 0.895. The Labute approximate surface area is 169 Å². The molecule has 29 heavy (non-hydrogen) atoms. The van der Waals surface area contributed by atoms with E-state index in [0.717, 1.165) is 17.7 Å². The lowest BCUT2D eigenvalue weighted by Gasteiger charge is -2.22. The fraction of sp³-hybridized carbons (Fsp3) is 0.318. The van der Waals surface area contributed by atoms with Crippen molar-refractivity contribution >= 4 is 23.5 Å². The molecule has 1 heterocycles. The van der Waals surface area contributed by atoms with Gasteiger partial charge in [0.1, 0.15) is 5.75 Å². The van der Waals surface area contributed by atoms with Gasteiger partial charge in [0.05, 0.1) is 25.8 Å². The van der Waals surface area contributed by atoms with Crippen LogP contribution in [0.15, 0.2) is 48.5 Å². The highest BCUT2D eigenvalue weighted by molar-refractivity contribution is 6.07. The van der Waals surface area contributed by atoms with Crippen LogP contribution >= 0.6 is 0 Å². The van der Waals surface area contributed by atoms with E-state index in [1.54, 1.807) is 17.0 Å². The summed E-state index contributed by atoms with van der Waals surface area (Å²) in [5, 5.41) is 2.75. The van der Waals surface area contributed by atoms with E-state index in [-0.39, 0.29) is 24.7 Å². The van der Waals surface area contributed by atoms with E-state index < -0.39 is 5.97 Å². The van der Waals surface area contributed by atoms with Gasteiger partial charge in [0.15, 0.2) is 0 Å². The maximum Gasteiger partial charge on any atom is 0.306 e. The fourth-order valence-electron chi connectivity index (χ4n) is 3.07. The van der Waals surface area contributed by atoms with Crippen LogP contribution in [-0.2, 0) is 20.9 Å². The second-order valence-electron chi connectivity index (χ2n) is 6.68. The summed E-state index contributed by atoms with van der Waals surface area (Å²) in [6, 6.07) is 14.7. The molecular formula is C22H24N2O5. The molecule has 2 amide bonds. The van der Waals surface area contributed by atoms with Crippen LogP contribution < -0.4 is 15.0 Å². The number of carbonyl (C=O) groups is 3. The number of rotatable bonds is 6. The highest BCUT2D eigenvalue weighted by Crippen LogP contribution is 2.31. The lowest BCUT2D eigenvalue weighted by atomic mass is 10.1. The molecule has 7 nitrogen and oxygen atoms in total. The van der Waals surface area contributed by atoms with Crippen LogP contribution in [0.5, 0.6) is 5.75 Å². The lowest BCUT2D eigenvalue weighted by Crippen LogP contribution is -2.31. The quantitative estimate of drug-likeness (QED) is 0.759. The first-order valence-corrected chi connectivity index (χ1v) is 9.54. The summed E-state index contributed by atoms with van der Waals surface area (Å²) in [7, 11) is 1.29. The number of para-hydroxylation sites is 2. The zero-order valence-electron chi connectivity index (χ0n) is 16.3. The van der Waals surface area contributed by atoms with Gasteiger partial charge in [-0.3, -0.25) is 14.4 Å². The third-order valence-corrected chi connectivity index (χ3v) is 4.66. The first-order valence-electron chi connectivity index (χ1n) is 9.54. The van der Waals surface area contributed by atoms with E-state index in [0.29, 0.717) is 31.0 Å². The van der Waals surface area contributed by atoms with Crippen LogP contribution in [0.3, 0.4) is 0 Å². The maximum atomic E-state index is 13.0. The van der Waals surface area contributed by atoms with E-state index in [4.69, 9.17) is 4.74 Å². The zero-order valence-corrected chi connectivity index (χ0v) is 16.3. The molecule has 0 fully saturated rings. The number of carbonyl (C=O) groups excluding carboxylic acids is 3. The number of benzene rings is 2. The Morgan fingerprint density at radius 1 is 1.07 bits per heavy atom. The predicted octanol–water partition coefficient (Wildman–Crippen LogP) is 2.69. The Morgan fingerprint density at radius 3 is 2.59 bits per heavy atom. The van der Waals surface area contributed by atoms with Crippen LogP contribution in [0.1, 0.15) is 35.2 Å². The smallest absolute Gasteiger partial charge is 0.306 e. The van der Waals surface area contributed by atoms with Crippen molar-refractivity contribution < 1.29 is 23.9 Å². The lowest BCUT2D eigenvalue weighted by molar-refractivity contribution is -0.142. The first kappa shape index (κ1) is 20.4. The number of fused-ring (bicyclic) bond motifs is 1. The molecule has 0 spiro atoms. The number of methoxy groups -OCH3 is 1. The van der Waals surface area contributed by atoms with Crippen molar-refractivity contribution in [2.45, 2.75) is 25.8 Å². The van der Waals surface area contributed by atoms with Gasteiger partial charge in [-0.1, -0.05) is 24.3 Å². The predicted molar refractivity (Wildman–Crippen MR) is 108 cm³/mol. The average molecular weight is 396 g/mol. The van der Waals surface area contributed by atoms with Crippen molar-refractivity contribution in [3.8, 4) is 5.75 Å². The van der Waals surface area contributed by atoms with Gasteiger partial charge in [-0.05, 0) is 36.2 Å². The Balaban J connectivity index is 1.61. The third-order valence-electron chi connectivity index (χ3n) is 4.66. The Bertz CT molecular complexity index is 879. The van der Waals surface area contributed by atoms with Gasteiger partial charge >= 0.3 is 5.97 Å². The van der Waals surface area contributed by atoms with Crippen molar-refractivity contribution in [2.24, 2.45) is 0 Å². The van der Waals surface area contributed by atoms with Crippen LogP contribution in [0, 0.1) is 0 Å². The molecule has 3 rings (SSSR count). The van der Waals surface area contributed by atoms with Crippen LogP contribution in [-0.4, -0.2) is 38.0 Å². The number of nitrogens with zero attached hydrogens (tertiary/aromatic N) is 1. The standard InChI is InChI=1S/C22H24N2O5/c1-28-21(26)12-11-20(25)23-15-16-7-9-17(10-8-16)22(27)24-13-4-14-29-19-6-3-2-5-18(19)24/h2-3,5-10H,4,11-15H2,1H3,(H,23,25). The van der Waals surface area contributed by atoms with Crippen molar-refractivity contribution in [1.29, 1.82) is 0 Å². The Morgan fingerprint density at radius 2 is 1.83 bits per heavy atom. The fourth-order valence-corrected chi connectivity index (χ4v) is 3.07. The van der Waals surface area contributed by atoms with E-state index in [2.05, 4.69) is 10.1 Å². The topological polar surface area (TPSA) is 84.9 Å². The summed E-state index contributed by atoms with van der Waals surface area (Å²) in [4.78, 5) is 37.6. The van der Waals surface area contributed by atoms with E-state index in [1.165, 1.54) is 7.11 Å². The largest absolute Gasteiger partial charge is 0.491 e. The summed E-state index contributed by atoms with van der Waals surface area (Å²) in [5.74, 6) is -0.0125. The molecule has 2 aromatic rings. The maximum absolute atomic E-state index is 13.0. The van der Waals surface area contributed by atoms with Crippen LogP contribution in [0.4, 0.5) is 5.69 Å². The molecule has 1 aliphatic rings. The molecule has 0 aliphatic carbocycles. The van der Waals surface area contributed by atoms with Gasteiger partial charge in [0.25, 0.3) is 5.91 Å². The third kappa shape index (κ3) is 5.34. The van der Waals surface area contributed by atoms with Crippen molar-refractivity contribution in [3.63, 3.8) is 0 Å². The number of anilines is 1. The molecular weight excluding hydrogens is 372 g/mol. The van der Waals surface area contributed by atoms with Crippen LogP contribution in [0.2, 0.25) is 0 Å². The Kier molecular flexibility index (Phi) is 6.84. The minimum absolute atomic E-state index is 0.0524. The van der Waals surface area contributed by atoms with Gasteiger partial charge in [0.2, 0.25) is 5.91 Å². The molecule has 0 saturated carbocycles. The molecule has 0 atom stereocenters. The Hall–Kier alpha value is -3.35. The number of hydrogen-bond acceptors (Lipinski definition) is 5. The van der Waals surface area contributed by atoms with Crippen LogP contribution in [0.25, 0.3) is 0 Å². The number of esters is 1. The second-order valence-corrected chi connectivity index (χ2v) is 6.68. The number of hydrogen-bond donors (Lipinski definition) is 1. The molecule has 2 aromatic carbocycles. The molecule has 152 valence electrons. The molecule has 0 unspecified atom stereocenters. The van der Waals surface area contributed by atoms with Gasteiger partial charge < -0.3 is 19.7 Å². The average Bonchev–Trinajstić information content (AvgIpc) is 2.98. The molecule has 0 radical (unpaired) electrons. The SMILES string of the molecule is COC(=O)CCC(=O)NCc1ccc(C(=O)N2CCCOc3ccccc32)cc1. The number of ether oxygens (including phenoxy) is 2. The van der Waals surface area contributed by atoms with Gasteiger partial charge in [0, 0.05) is 25.1 Å². The van der Waals surface area contributed by atoms with Crippen molar-refractivity contribution in [1.82, 2.24) is 5.32 Å². The van der Waals surface area contributed by atoms with Gasteiger partial charge in [-0.25, -0.2) is 0 Å². The summed E-state index contributed by atoms with van der Waals surface area (Å²) < 4.78 is 10.2. The molecule has 0 saturated heterocycles. The van der Waals surface area contributed by atoms with Crippen molar-refractivity contribution in [3.05, 3.63) is 59.7 Å². The first-order chi connectivity index (χ1) is 14.1. The van der Waals surface area contributed by atoms with Gasteiger partial charge in [-0.15, -0.1) is 0 Å². The van der Waals surface area contributed by atoms with Crippen molar-refractivity contribution in [2.75, 3.05) is 25.2 Å².